The molecule has 6 nitrogen and oxygen atoms in total. The van der Waals surface area contributed by atoms with Crippen molar-refractivity contribution in [2.24, 2.45) is 0 Å². The highest BCUT2D eigenvalue weighted by Crippen LogP contribution is 2.12. The molecule has 1 N–H and O–H groups in total. The van der Waals surface area contributed by atoms with Gasteiger partial charge in [-0.1, -0.05) is 12.1 Å². The zero-order valence-electron chi connectivity index (χ0n) is 14.8. The van der Waals surface area contributed by atoms with E-state index in [2.05, 4.69) is 22.2 Å². The van der Waals surface area contributed by atoms with Crippen molar-refractivity contribution in [3.8, 4) is 5.75 Å². The van der Waals surface area contributed by atoms with Crippen molar-refractivity contribution < 1.29 is 14.3 Å². The lowest BCUT2D eigenvalue weighted by Crippen LogP contribution is -2.45. The third-order valence-corrected chi connectivity index (χ3v) is 4.27. The highest BCUT2D eigenvalue weighted by atomic mass is 16.5. The molecular weight excluding hydrogens is 306 g/mol. The van der Waals surface area contributed by atoms with Crippen LogP contribution in [0.1, 0.15) is 12.0 Å². The number of methoxy groups -OCH3 is 1. The molecule has 6 heteroatoms. The molecule has 1 aliphatic rings. The molecule has 0 bridgehead atoms. The van der Waals surface area contributed by atoms with Crippen LogP contribution in [0.15, 0.2) is 24.3 Å². The quantitative estimate of drug-likeness (QED) is 0.732. The maximum Gasteiger partial charge on any atom is 0.407 e. The van der Waals surface area contributed by atoms with E-state index in [1.165, 1.54) is 0 Å². The average molecular weight is 335 g/mol. The third kappa shape index (κ3) is 6.76. The summed E-state index contributed by atoms with van der Waals surface area (Å²) in [6.07, 6.45) is 1.30. The van der Waals surface area contributed by atoms with Crippen molar-refractivity contribution in [2.75, 3.05) is 60.0 Å². The Morgan fingerprint density at radius 3 is 2.79 bits per heavy atom. The van der Waals surface area contributed by atoms with Crippen LogP contribution in [0, 0.1) is 0 Å². The number of hydrogen-bond acceptors (Lipinski definition) is 5. The minimum absolute atomic E-state index is 0.337. The summed E-state index contributed by atoms with van der Waals surface area (Å²) < 4.78 is 10.4. The fourth-order valence-corrected chi connectivity index (χ4v) is 2.71. The average Bonchev–Trinajstić information content (AvgIpc) is 2.60. The van der Waals surface area contributed by atoms with E-state index in [0.29, 0.717) is 19.6 Å². The molecule has 1 aliphatic heterocycles. The normalized spacial score (nSPS) is 15.9. The van der Waals surface area contributed by atoms with Gasteiger partial charge in [-0.3, -0.25) is 0 Å². The Kier molecular flexibility index (Phi) is 7.85. The van der Waals surface area contributed by atoms with Crippen molar-refractivity contribution in [2.45, 2.75) is 12.8 Å². The first-order valence-electron chi connectivity index (χ1n) is 8.62. The number of rotatable bonds is 8. The van der Waals surface area contributed by atoms with Gasteiger partial charge >= 0.3 is 6.09 Å². The number of nitrogens with one attached hydrogen (secondary N) is 1. The fraction of sp³-hybridized carbons (Fsp3) is 0.611. The number of nitrogens with zero attached hydrogens (tertiary/aromatic N) is 2. The molecule has 24 heavy (non-hydrogen) atoms. The Hall–Kier alpha value is -1.79. The summed E-state index contributed by atoms with van der Waals surface area (Å²) in [5.74, 6) is 0.820. The molecule has 1 saturated heterocycles. The first kappa shape index (κ1) is 18.5. The molecule has 0 atom stereocenters. The van der Waals surface area contributed by atoms with Crippen molar-refractivity contribution in [3.63, 3.8) is 0 Å². The van der Waals surface area contributed by atoms with Crippen LogP contribution < -0.4 is 10.1 Å². The number of ether oxygens (including phenoxy) is 2. The van der Waals surface area contributed by atoms with Gasteiger partial charge in [0.2, 0.25) is 0 Å². The van der Waals surface area contributed by atoms with E-state index in [-0.39, 0.29) is 6.09 Å². The lowest BCUT2D eigenvalue weighted by Gasteiger charge is -2.32. The summed E-state index contributed by atoms with van der Waals surface area (Å²) in [5, 5.41) is 2.82. The van der Waals surface area contributed by atoms with Gasteiger partial charge in [-0.15, -0.1) is 0 Å². The monoisotopic (exact) mass is 335 g/mol. The number of carbonyl (C=O) groups excluding carboxylic acids is 1. The van der Waals surface area contributed by atoms with Gasteiger partial charge < -0.3 is 24.6 Å². The maximum atomic E-state index is 11.7. The molecule has 1 aromatic rings. The van der Waals surface area contributed by atoms with E-state index in [0.717, 1.165) is 50.5 Å². The first-order chi connectivity index (χ1) is 11.7. The number of carbonyl (C=O) groups is 1. The van der Waals surface area contributed by atoms with Crippen LogP contribution >= 0.6 is 0 Å². The summed E-state index contributed by atoms with van der Waals surface area (Å²) in [4.78, 5) is 16.5. The number of amides is 1. The predicted molar refractivity (Wildman–Crippen MR) is 94.6 cm³/mol. The Balaban J connectivity index is 1.52. The van der Waals surface area contributed by atoms with E-state index in [4.69, 9.17) is 9.47 Å². The molecule has 1 aromatic carbocycles. The van der Waals surface area contributed by atoms with Gasteiger partial charge in [0.1, 0.15) is 5.75 Å². The Labute approximate surface area is 144 Å². The highest BCUT2D eigenvalue weighted by Gasteiger charge is 2.12. The van der Waals surface area contributed by atoms with Gasteiger partial charge in [0, 0.05) is 39.1 Å². The lowest BCUT2D eigenvalue weighted by atomic mass is 10.1. The summed E-state index contributed by atoms with van der Waals surface area (Å²) in [6.45, 7) is 6.53. The number of hydrogen-bond donors (Lipinski definition) is 1. The van der Waals surface area contributed by atoms with Crippen LogP contribution in [0.3, 0.4) is 0 Å². The van der Waals surface area contributed by atoms with Gasteiger partial charge in [0.15, 0.2) is 0 Å². The van der Waals surface area contributed by atoms with Gasteiger partial charge in [-0.05, 0) is 37.7 Å². The van der Waals surface area contributed by atoms with E-state index in [1.807, 2.05) is 24.3 Å². The van der Waals surface area contributed by atoms with Gasteiger partial charge in [0.05, 0.1) is 13.7 Å². The molecule has 0 aromatic heterocycles. The minimum Gasteiger partial charge on any atom is -0.497 e. The minimum atomic E-state index is -0.337. The molecule has 134 valence electrons. The van der Waals surface area contributed by atoms with Gasteiger partial charge in [-0.25, -0.2) is 4.79 Å². The van der Waals surface area contributed by atoms with Gasteiger partial charge in [0.25, 0.3) is 0 Å². The van der Waals surface area contributed by atoms with E-state index in [9.17, 15) is 4.79 Å². The second kappa shape index (κ2) is 10.2. The fourth-order valence-electron chi connectivity index (χ4n) is 2.71. The van der Waals surface area contributed by atoms with Crippen LogP contribution in [0.25, 0.3) is 0 Å². The molecule has 0 spiro atoms. The van der Waals surface area contributed by atoms with E-state index in [1.54, 1.807) is 7.11 Å². The lowest BCUT2D eigenvalue weighted by molar-refractivity contribution is 0.142. The third-order valence-electron chi connectivity index (χ3n) is 4.27. The molecular formula is C18H29N3O3. The smallest absolute Gasteiger partial charge is 0.407 e. The standard InChI is InChI=1S/C18H29N3O3/c1-20-10-12-21(13-11-20)9-4-8-19-18(22)24-14-7-16-5-3-6-17(15-16)23-2/h3,5-6,15H,4,7-14H2,1-2H3,(H,19,22). The summed E-state index contributed by atoms with van der Waals surface area (Å²) >= 11 is 0. The van der Waals surface area contributed by atoms with Crippen LogP contribution in [0.5, 0.6) is 5.75 Å². The van der Waals surface area contributed by atoms with Crippen LogP contribution in [-0.2, 0) is 11.2 Å². The largest absolute Gasteiger partial charge is 0.497 e. The number of likely N-dealkylation sites (N-methyl/N-ethyl adjacent to an activating group) is 1. The molecule has 1 fully saturated rings. The predicted octanol–water partition coefficient (Wildman–Crippen LogP) is 1.60. The molecule has 2 rings (SSSR count). The van der Waals surface area contributed by atoms with Crippen molar-refractivity contribution in [1.82, 2.24) is 15.1 Å². The van der Waals surface area contributed by atoms with Crippen LogP contribution in [-0.4, -0.2) is 75.9 Å². The zero-order chi connectivity index (χ0) is 17.2. The number of benzene rings is 1. The summed E-state index contributed by atoms with van der Waals surface area (Å²) in [6, 6.07) is 7.79. The maximum absolute atomic E-state index is 11.7. The van der Waals surface area contributed by atoms with Crippen LogP contribution in [0.2, 0.25) is 0 Å². The number of alkyl carbamates (subject to hydrolysis) is 1. The topological polar surface area (TPSA) is 54.0 Å². The molecule has 0 radical (unpaired) electrons. The van der Waals surface area contributed by atoms with Crippen molar-refractivity contribution >= 4 is 6.09 Å². The molecule has 1 heterocycles. The Bertz CT molecular complexity index is 502. The number of piperazine rings is 1. The van der Waals surface area contributed by atoms with E-state index < -0.39 is 0 Å². The van der Waals surface area contributed by atoms with Crippen molar-refractivity contribution in [1.29, 1.82) is 0 Å². The Morgan fingerprint density at radius 2 is 2.04 bits per heavy atom. The second-order valence-electron chi connectivity index (χ2n) is 6.16. The molecule has 0 aliphatic carbocycles. The molecule has 0 saturated carbocycles. The van der Waals surface area contributed by atoms with E-state index >= 15 is 0 Å². The summed E-state index contributed by atoms with van der Waals surface area (Å²) in [7, 11) is 3.80. The SMILES string of the molecule is COc1cccc(CCOC(=O)NCCCN2CCN(C)CC2)c1. The second-order valence-corrected chi connectivity index (χ2v) is 6.16. The van der Waals surface area contributed by atoms with Gasteiger partial charge in [-0.2, -0.15) is 0 Å². The van der Waals surface area contributed by atoms with Crippen LogP contribution in [0.4, 0.5) is 4.79 Å². The zero-order valence-corrected chi connectivity index (χ0v) is 14.8. The Morgan fingerprint density at radius 1 is 1.25 bits per heavy atom. The highest BCUT2D eigenvalue weighted by molar-refractivity contribution is 5.67. The molecule has 0 unspecified atom stereocenters. The molecule has 1 amide bonds. The first-order valence-corrected chi connectivity index (χ1v) is 8.62. The summed E-state index contributed by atoms with van der Waals surface area (Å²) in [5.41, 5.74) is 1.09. The van der Waals surface area contributed by atoms with Crippen molar-refractivity contribution in [3.05, 3.63) is 29.8 Å².